The van der Waals surface area contributed by atoms with Gasteiger partial charge in [-0.1, -0.05) is 35.2 Å². The fourth-order valence-electron chi connectivity index (χ4n) is 1.72. The zero-order valence-corrected chi connectivity index (χ0v) is 14.1. The van der Waals surface area contributed by atoms with Gasteiger partial charge in [-0.25, -0.2) is 0 Å². The molecule has 0 spiro atoms. The first-order valence-electron chi connectivity index (χ1n) is 6.14. The molecule has 0 aliphatic carbocycles. The second-order valence-corrected chi connectivity index (χ2v) is 5.93. The Labute approximate surface area is 142 Å². The van der Waals surface area contributed by atoms with Gasteiger partial charge in [0.25, 0.3) is 0 Å². The highest BCUT2D eigenvalue weighted by Crippen LogP contribution is 2.28. The van der Waals surface area contributed by atoms with Crippen molar-refractivity contribution < 1.29 is 4.74 Å². The van der Waals surface area contributed by atoms with Gasteiger partial charge in [0.1, 0.15) is 12.4 Å². The van der Waals surface area contributed by atoms with Gasteiger partial charge in [-0.3, -0.25) is 0 Å². The maximum absolute atomic E-state index is 6.11. The molecular weight excluding hydrogens is 373 g/mol. The molecule has 0 saturated carbocycles. The number of benzene rings is 2. The Hall–Kier alpha value is -1.34. The quantitative estimate of drug-likeness (QED) is 0.698. The summed E-state index contributed by atoms with van der Waals surface area (Å²) in [5.41, 5.74) is 1.92. The lowest BCUT2D eigenvalue weighted by molar-refractivity contribution is 0.368. The first-order valence-corrected chi connectivity index (χ1v) is 7.68. The van der Waals surface area contributed by atoms with Gasteiger partial charge in [0, 0.05) is 11.6 Å². The van der Waals surface area contributed by atoms with Crippen LogP contribution in [0.1, 0.15) is 5.56 Å². The number of halogens is 3. The first kappa shape index (κ1) is 16.0. The molecule has 0 bridgehead atoms. The van der Waals surface area contributed by atoms with Crippen LogP contribution < -0.4 is 10.1 Å². The highest BCUT2D eigenvalue weighted by molar-refractivity contribution is 9.10. The van der Waals surface area contributed by atoms with E-state index in [2.05, 4.69) is 27.2 Å². The molecule has 1 N–H and O–H groups in total. The van der Waals surface area contributed by atoms with Crippen molar-refractivity contribution >= 4 is 44.8 Å². The minimum atomic E-state index is 0.247. The Bertz CT molecular complexity index is 682. The van der Waals surface area contributed by atoms with Crippen LogP contribution in [0, 0.1) is 12.3 Å². The molecule has 21 heavy (non-hydrogen) atoms. The number of anilines is 1. The Balaban J connectivity index is 2.03. The van der Waals surface area contributed by atoms with Crippen molar-refractivity contribution in [1.82, 2.24) is 0 Å². The summed E-state index contributed by atoms with van der Waals surface area (Å²) in [6.07, 6.45) is 5.17. The molecule has 108 valence electrons. The third-order valence-electron chi connectivity index (χ3n) is 2.72. The van der Waals surface area contributed by atoms with E-state index < -0.39 is 0 Å². The lowest BCUT2D eigenvalue weighted by atomic mass is 10.2. The second-order valence-electron chi connectivity index (χ2n) is 4.24. The minimum absolute atomic E-state index is 0.247. The topological polar surface area (TPSA) is 21.3 Å². The van der Waals surface area contributed by atoms with E-state index >= 15 is 0 Å². The van der Waals surface area contributed by atoms with E-state index in [9.17, 15) is 0 Å². The van der Waals surface area contributed by atoms with Crippen molar-refractivity contribution in [1.29, 1.82) is 0 Å². The summed E-state index contributed by atoms with van der Waals surface area (Å²) in [5.74, 6) is 3.16. The van der Waals surface area contributed by atoms with Crippen LogP contribution in [0.15, 0.2) is 40.9 Å². The van der Waals surface area contributed by atoms with E-state index in [1.165, 1.54) is 0 Å². The molecule has 0 radical (unpaired) electrons. The Morgan fingerprint density at radius 2 is 2.00 bits per heavy atom. The molecule has 0 fully saturated rings. The van der Waals surface area contributed by atoms with Gasteiger partial charge in [-0.15, -0.1) is 6.42 Å². The van der Waals surface area contributed by atoms with Crippen molar-refractivity contribution in [2.75, 3.05) is 11.9 Å². The van der Waals surface area contributed by atoms with E-state index in [4.69, 9.17) is 34.4 Å². The highest BCUT2D eigenvalue weighted by atomic mass is 79.9. The predicted octanol–water partition coefficient (Wildman–Crippen LogP) is 5.38. The highest BCUT2D eigenvalue weighted by Gasteiger charge is 2.04. The summed E-state index contributed by atoms with van der Waals surface area (Å²) in [4.78, 5) is 0. The predicted molar refractivity (Wildman–Crippen MR) is 92.3 cm³/mol. The molecule has 0 aromatic heterocycles. The summed E-state index contributed by atoms with van der Waals surface area (Å²) in [5, 5.41) is 4.47. The average molecular weight is 385 g/mol. The van der Waals surface area contributed by atoms with E-state index in [0.717, 1.165) is 21.5 Å². The van der Waals surface area contributed by atoms with Crippen LogP contribution >= 0.6 is 39.1 Å². The monoisotopic (exact) mass is 383 g/mol. The molecule has 2 aromatic rings. The van der Waals surface area contributed by atoms with E-state index in [0.29, 0.717) is 16.6 Å². The first-order chi connectivity index (χ1) is 10.1. The standard InChI is InChI=1S/C16H12BrCl2NO/c1-2-7-21-16-6-3-11(8-13(16)17)10-20-15-5-4-12(18)9-14(15)19/h1,3-6,8-9,20H,7,10H2. The lowest BCUT2D eigenvalue weighted by Gasteiger charge is -2.11. The van der Waals surface area contributed by atoms with Crippen LogP contribution in [0.4, 0.5) is 5.69 Å². The van der Waals surface area contributed by atoms with Crippen molar-refractivity contribution in [2.45, 2.75) is 6.54 Å². The number of hydrogen-bond donors (Lipinski definition) is 1. The zero-order chi connectivity index (χ0) is 15.2. The van der Waals surface area contributed by atoms with E-state index in [1.54, 1.807) is 12.1 Å². The third-order valence-corrected chi connectivity index (χ3v) is 3.89. The van der Waals surface area contributed by atoms with Gasteiger partial charge in [0.05, 0.1) is 15.2 Å². The molecular formula is C16H12BrCl2NO. The van der Waals surface area contributed by atoms with Crippen LogP contribution in [-0.2, 0) is 6.54 Å². The maximum atomic E-state index is 6.11. The molecule has 0 amide bonds. The fraction of sp³-hybridized carbons (Fsp3) is 0.125. The van der Waals surface area contributed by atoms with Crippen molar-refractivity contribution in [3.8, 4) is 18.1 Å². The summed E-state index contributed by atoms with van der Waals surface area (Å²) < 4.78 is 6.26. The molecule has 0 unspecified atom stereocenters. The molecule has 0 saturated heterocycles. The Kier molecular flexibility index (Phi) is 5.81. The number of rotatable bonds is 5. The normalized spacial score (nSPS) is 10.0. The van der Waals surface area contributed by atoms with E-state index in [1.807, 2.05) is 24.3 Å². The third kappa shape index (κ3) is 4.57. The largest absolute Gasteiger partial charge is 0.480 e. The van der Waals surface area contributed by atoms with Gasteiger partial charge in [-0.2, -0.15) is 0 Å². The molecule has 5 heteroatoms. The van der Waals surface area contributed by atoms with Crippen LogP contribution in [0.5, 0.6) is 5.75 Å². The molecule has 0 atom stereocenters. The second kappa shape index (κ2) is 7.61. The van der Waals surface area contributed by atoms with Crippen LogP contribution in [0.25, 0.3) is 0 Å². The van der Waals surface area contributed by atoms with Crippen molar-refractivity contribution in [3.63, 3.8) is 0 Å². The fourth-order valence-corrected chi connectivity index (χ4v) is 2.74. The zero-order valence-electron chi connectivity index (χ0n) is 11.0. The van der Waals surface area contributed by atoms with Gasteiger partial charge >= 0.3 is 0 Å². The Morgan fingerprint density at radius 1 is 1.19 bits per heavy atom. The molecule has 2 aromatic carbocycles. The van der Waals surface area contributed by atoms with Crippen LogP contribution in [-0.4, -0.2) is 6.61 Å². The van der Waals surface area contributed by atoms with Crippen LogP contribution in [0.3, 0.4) is 0 Å². The van der Waals surface area contributed by atoms with Gasteiger partial charge in [0.15, 0.2) is 0 Å². The molecule has 2 nitrogen and oxygen atoms in total. The minimum Gasteiger partial charge on any atom is -0.480 e. The molecule has 2 rings (SSSR count). The van der Waals surface area contributed by atoms with Crippen LogP contribution in [0.2, 0.25) is 10.0 Å². The summed E-state index contributed by atoms with van der Waals surface area (Å²) in [7, 11) is 0. The van der Waals surface area contributed by atoms with Crippen molar-refractivity contribution in [3.05, 3.63) is 56.5 Å². The van der Waals surface area contributed by atoms with Gasteiger partial charge in [-0.05, 0) is 51.8 Å². The summed E-state index contributed by atoms with van der Waals surface area (Å²) in [6.45, 7) is 0.881. The smallest absolute Gasteiger partial charge is 0.148 e. The molecule has 0 aliphatic heterocycles. The number of ether oxygens (including phenoxy) is 1. The number of hydrogen-bond acceptors (Lipinski definition) is 2. The lowest BCUT2D eigenvalue weighted by Crippen LogP contribution is -2.01. The van der Waals surface area contributed by atoms with E-state index in [-0.39, 0.29) is 6.61 Å². The number of terminal acetylenes is 1. The Morgan fingerprint density at radius 3 is 2.67 bits per heavy atom. The summed E-state index contributed by atoms with van der Waals surface area (Å²) >= 11 is 15.4. The van der Waals surface area contributed by atoms with Gasteiger partial charge < -0.3 is 10.1 Å². The molecule has 0 aliphatic rings. The van der Waals surface area contributed by atoms with Gasteiger partial charge in [0.2, 0.25) is 0 Å². The van der Waals surface area contributed by atoms with Crippen molar-refractivity contribution in [2.24, 2.45) is 0 Å². The maximum Gasteiger partial charge on any atom is 0.148 e. The SMILES string of the molecule is C#CCOc1ccc(CNc2ccc(Cl)cc2Cl)cc1Br. The average Bonchev–Trinajstić information content (AvgIpc) is 2.45. The molecule has 0 heterocycles. The number of nitrogens with one attached hydrogen (secondary N) is 1. The summed E-state index contributed by atoms with van der Waals surface area (Å²) in [6, 6.07) is 11.2.